The average molecular weight is 448 g/mol. The molecule has 8 heteroatoms. The number of pyridine rings is 1. The molecule has 5 rings (SSSR count). The summed E-state index contributed by atoms with van der Waals surface area (Å²) in [4.78, 5) is 21.7. The fourth-order valence-corrected chi connectivity index (χ4v) is 3.67. The van der Waals surface area contributed by atoms with Crippen LogP contribution in [-0.4, -0.2) is 25.5 Å². The number of imidazole rings is 1. The number of anilines is 1. The first-order valence-corrected chi connectivity index (χ1v) is 10.4. The topological polar surface area (TPSA) is 96.0 Å². The van der Waals surface area contributed by atoms with E-state index in [0.717, 1.165) is 11.1 Å². The molecule has 0 aliphatic carbocycles. The van der Waals surface area contributed by atoms with Crippen LogP contribution in [0.5, 0.6) is 0 Å². The molecule has 0 bridgehead atoms. The Morgan fingerprint density at radius 2 is 1.85 bits per heavy atom. The number of amides is 1. The van der Waals surface area contributed by atoms with Crippen LogP contribution in [0.3, 0.4) is 0 Å². The first kappa shape index (κ1) is 21.0. The molecule has 0 saturated heterocycles. The van der Waals surface area contributed by atoms with E-state index in [9.17, 15) is 9.18 Å². The molecule has 0 radical (unpaired) electrons. The van der Waals surface area contributed by atoms with E-state index in [1.165, 1.54) is 6.07 Å². The van der Waals surface area contributed by atoms with E-state index in [-0.39, 0.29) is 11.7 Å². The SMILES string of the molecule is Cc1cc(-c2nc3cccnn3c2-c2ccnc(NC(=O)c3ccc(C#N)cc3)c2)ccc1F. The van der Waals surface area contributed by atoms with Crippen molar-refractivity contribution in [1.82, 2.24) is 19.6 Å². The number of hydrogen-bond donors (Lipinski definition) is 1. The van der Waals surface area contributed by atoms with Gasteiger partial charge in [-0.2, -0.15) is 10.4 Å². The summed E-state index contributed by atoms with van der Waals surface area (Å²) >= 11 is 0. The van der Waals surface area contributed by atoms with Crippen molar-refractivity contribution in [2.75, 3.05) is 5.32 Å². The number of benzene rings is 2. The largest absolute Gasteiger partial charge is 0.307 e. The summed E-state index contributed by atoms with van der Waals surface area (Å²) < 4.78 is 15.6. The van der Waals surface area contributed by atoms with E-state index < -0.39 is 0 Å². The maximum absolute atomic E-state index is 13.9. The molecule has 0 spiro atoms. The van der Waals surface area contributed by atoms with Crippen LogP contribution < -0.4 is 5.32 Å². The fourth-order valence-electron chi connectivity index (χ4n) is 3.67. The van der Waals surface area contributed by atoms with Gasteiger partial charge in [-0.1, -0.05) is 0 Å². The van der Waals surface area contributed by atoms with Gasteiger partial charge in [0.15, 0.2) is 5.65 Å². The number of aromatic nitrogens is 4. The van der Waals surface area contributed by atoms with Gasteiger partial charge in [-0.3, -0.25) is 4.79 Å². The molecule has 0 aliphatic rings. The molecule has 5 aromatic rings. The summed E-state index contributed by atoms with van der Waals surface area (Å²) in [7, 11) is 0. The van der Waals surface area contributed by atoms with Crippen molar-refractivity contribution < 1.29 is 9.18 Å². The number of aryl methyl sites for hydroxylation is 1. The van der Waals surface area contributed by atoms with Crippen molar-refractivity contribution in [1.29, 1.82) is 5.26 Å². The van der Waals surface area contributed by atoms with Crippen molar-refractivity contribution in [3.63, 3.8) is 0 Å². The molecule has 34 heavy (non-hydrogen) atoms. The Morgan fingerprint density at radius 1 is 1.03 bits per heavy atom. The molecule has 1 amide bonds. The molecule has 164 valence electrons. The maximum Gasteiger partial charge on any atom is 0.256 e. The Hall–Kier alpha value is -4.90. The van der Waals surface area contributed by atoms with Crippen LogP contribution in [0, 0.1) is 24.1 Å². The van der Waals surface area contributed by atoms with E-state index in [1.54, 1.807) is 78.4 Å². The zero-order chi connectivity index (χ0) is 23.7. The van der Waals surface area contributed by atoms with Gasteiger partial charge in [0.1, 0.15) is 17.3 Å². The van der Waals surface area contributed by atoms with Gasteiger partial charge in [0.05, 0.1) is 17.3 Å². The molecule has 3 aromatic heterocycles. The first-order chi connectivity index (χ1) is 16.5. The molecule has 1 N–H and O–H groups in total. The van der Waals surface area contributed by atoms with Gasteiger partial charge in [0.2, 0.25) is 0 Å². The van der Waals surface area contributed by atoms with E-state index >= 15 is 0 Å². The van der Waals surface area contributed by atoms with Crippen LogP contribution in [0.2, 0.25) is 0 Å². The highest BCUT2D eigenvalue weighted by molar-refractivity contribution is 6.04. The molecule has 2 aromatic carbocycles. The number of hydrogen-bond acceptors (Lipinski definition) is 5. The predicted octanol–water partition coefficient (Wildman–Crippen LogP) is 5.03. The number of halogens is 1. The highest BCUT2D eigenvalue weighted by Crippen LogP contribution is 2.33. The van der Waals surface area contributed by atoms with E-state index in [0.29, 0.717) is 39.5 Å². The van der Waals surface area contributed by atoms with Crippen molar-refractivity contribution in [3.8, 4) is 28.6 Å². The standard InChI is InChI=1S/C26H17FN6O/c1-16-13-19(8-9-21(16)27)24-25(33-23(32-24)3-2-11-30-33)20-10-12-29-22(14-20)31-26(34)18-6-4-17(15-28)5-7-18/h2-14H,1H3,(H,29,31,34). The van der Waals surface area contributed by atoms with Crippen LogP contribution in [-0.2, 0) is 0 Å². The minimum absolute atomic E-state index is 0.288. The Bertz CT molecular complexity index is 1580. The lowest BCUT2D eigenvalue weighted by Gasteiger charge is -2.09. The summed E-state index contributed by atoms with van der Waals surface area (Å²) in [5.41, 5.74) is 4.83. The minimum Gasteiger partial charge on any atom is -0.307 e. The molecular formula is C26H17FN6O. The predicted molar refractivity (Wildman–Crippen MR) is 125 cm³/mol. The zero-order valence-corrected chi connectivity index (χ0v) is 18.0. The van der Waals surface area contributed by atoms with Crippen molar-refractivity contribution in [3.05, 3.63) is 102 Å². The fraction of sp³-hybridized carbons (Fsp3) is 0.0385. The van der Waals surface area contributed by atoms with Gasteiger partial charge in [-0.25, -0.2) is 18.9 Å². The monoisotopic (exact) mass is 448 g/mol. The number of nitrogens with one attached hydrogen (secondary N) is 1. The molecule has 0 aliphatic heterocycles. The van der Waals surface area contributed by atoms with E-state index in [1.807, 2.05) is 12.1 Å². The lowest BCUT2D eigenvalue weighted by Crippen LogP contribution is -2.13. The second-order valence-electron chi connectivity index (χ2n) is 7.64. The number of nitrogens with zero attached hydrogens (tertiary/aromatic N) is 5. The van der Waals surface area contributed by atoms with Crippen LogP contribution in [0.1, 0.15) is 21.5 Å². The van der Waals surface area contributed by atoms with Gasteiger partial charge < -0.3 is 5.32 Å². The Labute approximate surface area is 194 Å². The third kappa shape index (κ3) is 3.87. The Morgan fingerprint density at radius 3 is 2.62 bits per heavy atom. The molecule has 0 unspecified atom stereocenters. The summed E-state index contributed by atoms with van der Waals surface area (Å²) in [6, 6.07) is 20.4. The molecule has 0 atom stereocenters. The van der Waals surface area contributed by atoms with Crippen molar-refractivity contribution in [2.45, 2.75) is 6.92 Å². The third-order valence-corrected chi connectivity index (χ3v) is 5.38. The second kappa shape index (κ2) is 8.56. The van der Waals surface area contributed by atoms with E-state index in [4.69, 9.17) is 10.2 Å². The number of rotatable bonds is 4. The quantitative estimate of drug-likeness (QED) is 0.416. The molecule has 7 nitrogen and oxygen atoms in total. The van der Waals surface area contributed by atoms with Crippen LogP contribution in [0.25, 0.3) is 28.2 Å². The summed E-state index contributed by atoms with van der Waals surface area (Å²) in [5.74, 6) is -0.289. The average Bonchev–Trinajstić information content (AvgIpc) is 3.25. The third-order valence-electron chi connectivity index (χ3n) is 5.38. The summed E-state index contributed by atoms with van der Waals surface area (Å²) in [5, 5.41) is 16.2. The highest BCUT2D eigenvalue weighted by Gasteiger charge is 2.18. The van der Waals surface area contributed by atoms with Gasteiger partial charge in [-0.05, 0) is 79.2 Å². The van der Waals surface area contributed by atoms with Crippen molar-refractivity contribution in [2.24, 2.45) is 0 Å². The number of carbonyl (C=O) groups excluding carboxylic acids is 1. The molecule has 0 saturated carbocycles. The molecule has 3 heterocycles. The molecule has 0 fully saturated rings. The van der Waals surface area contributed by atoms with Crippen molar-refractivity contribution >= 4 is 17.4 Å². The van der Waals surface area contributed by atoms with E-state index in [2.05, 4.69) is 15.4 Å². The lowest BCUT2D eigenvalue weighted by atomic mass is 10.0. The van der Waals surface area contributed by atoms with Crippen LogP contribution >= 0.6 is 0 Å². The minimum atomic E-state index is -0.347. The summed E-state index contributed by atoms with van der Waals surface area (Å²) in [6.07, 6.45) is 3.25. The Kier molecular flexibility index (Phi) is 5.28. The highest BCUT2D eigenvalue weighted by atomic mass is 19.1. The number of nitriles is 1. The van der Waals surface area contributed by atoms with Gasteiger partial charge >= 0.3 is 0 Å². The number of carbonyl (C=O) groups is 1. The number of fused-ring (bicyclic) bond motifs is 1. The van der Waals surface area contributed by atoms with Crippen LogP contribution in [0.4, 0.5) is 10.2 Å². The van der Waals surface area contributed by atoms with Gasteiger partial charge in [0.25, 0.3) is 5.91 Å². The molecular weight excluding hydrogens is 431 g/mol. The van der Waals surface area contributed by atoms with Gasteiger partial charge in [-0.15, -0.1) is 0 Å². The van der Waals surface area contributed by atoms with Crippen LogP contribution in [0.15, 0.2) is 79.1 Å². The first-order valence-electron chi connectivity index (χ1n) is 10.4. The normalized spacial score (nSPS) is 10.7. The lowest BCUT2D eigenvalue weighted by molar-refractivity contribution is 0.102. The Balaban J connectivity index is 1.56. The zero-order valence-electron chi connectivity index (χ0n) is 18.0. The van der Waals surface area contributed by atoms with Gasteiger partial charge in [0, 0.05) is 29.1 Å². The second-order valence-corrected chi connectivity index (χ2v) is 7.64. The summed E-state index contributed by atoms with van der Waals surface area (Å²) in [6.45, 7) is 1.70. The maximum atomic E-state index is 13.9. The smallest absolute Gasteiger partial charge is 0.256 e.